The predicted molar refractivity (Wildman–Crippen MR) is 89.2 cm³/mol. The molecule has 0 amide bonds. The first-order valence-electron chi connectivity index (χ1n) is 7.92. The molecule has 8 heteroatoms. The topological polar surface area (TPSA) is 90.1 Å². The molecule has 24 heavy (non-hydrogen) atoms. The Labute approximate surface area is 138 Å². The average Bonchev–Trinajstić information content (AvgIpc) is 3.31. The number of H-pyrrole nitrogens is 1. The normalized spacial score (nSPS) is 11.6. The number of pyridine rings is 1. The van der Waals surface area contributed by atoms with Crippen LogP contribution in [0.2, 0.25) is 0 Å². The first-order chi connectivity index (χ1) is 11.7. The Balaban J connectivity index is 1.73. The number of fused-ring (bicyclic) bond motifs is 1. The van der Waals surface area contributed by atoms with E-state index in [1.165, 1.54) is 0 Å². The first kappa shape index (κ1) is 14.6. The smallest absolute Gasteiger partial charge is 0.178 e. The minimum atomic E-state index is 0.209. The fourth-order valence-corrected chi connectivity index (χ4v) is 2.70. The van der Waals surface area contributed by atoms with Crippen molar-refractivity contribution in [2.45, 2.75) is 32.9 Å². The van der Waals surface area contributed by atoms with Gasteiger partial charge >= 0.3 is 0 Å². The highest BCUT2D eigenvalue weighted by molar-refractivity contribution is 5.86. The van der Waals surface area contributed by atoms with Crippen LogP contribution in [0.25, 0.3) is 22.6 Å². The molecule has 8 nitrogen and oxygen atoms in total. The second-order valence-electron chi connectivity index (χ2n) is 5.90. The summed E-state index contributed by atoms with van der Waals surface area (Å²) in [5, 5.41) is 4.69. The van der Waals surface area contributed by atoms with Crippen LogP contribution in [-0.4, -0.2) is 39.3 Å². The molecule has 4 rings (SSSR count). The van der Waals surface area contributed by atoms with E-state index in [1.807, 2.05) is 21.5 Å². The van der Waals surface area contributed by atoms with Crippen molar-refractivity contribution in [3.8, 4) is 11.4 Å². The second kappa shape index (κ2) is 5.88. The summed E-state index contributed by atoms with van der Waals surface area (Å²) >= 11 is 0. The van der Waals surface area contributed by atoms with Crippen LogP contribution in [0.4, 0.5) is 0 Å². The SMILES string of the molecule is CC(C)n1nc(CCn2ccnc2)nc1-c1ccnc2nc[nH]c12. The van der Waals surface area contributed by atoms with Crippen LogP contribution in [0.5, 0.6) is 0 Å². The molecule has 0 spiro atoms. The number of hydrogen-bond donors (Lipinski definition) is 1. The van der Waals surface area contributed by atoms with E-state index in [1.54, 1.807) is 25.0 Å². The zero-order valence-electron chi connectivity index (χ0n) is 13.6. The Hall–Kier alpha value is -3.03. The summed E-state index contributed by atoms with van der Waals surface area (Å²) < 4.78 is 3.98. The van der Waals surface area contributed by atoms with E-state index in [0.29, 0.717) is 5.65 Å². The molecule has 0 fully saturated rings. The highest BCUT2D eigenvalue weighted by Gasteiger charge is 2.17. The third-order valence-corrected chi connectivity index (χ3v) is 3.88. The lowest BCUT2D eigenvalue weighted by Crippen LogP contribution is -2.06. The van der Waals surface area contributed by atoms with Gasteiger partial charge in [0.2, 0.25) is 0 Å². The predicted octanol–water partition coefficient (Wildman–Crippen LogP) is 2.24. The third-order valence-electron chi connectivity index (χ3n) is 3.88. The first-order valence-corrected chi connectivity index (χ1v) is 7.92. The van der Waals surface area contributed by atoms with E-state index in [2.05, 4.69) is 33.8 Å². The quantitative estimate of drug-likeness (QED) is 0.608. The molecule has 0 aliphatic rings. The van der Waals surface area contributed by atoms with Crippen molar-refractivity contribution in [1.82, 2.24) is 39.3 Å². The van der Waals surface area contributed by atoms with Crippen molar-refractivity contribution < 1.29 is 0 Å². The number of aryl methyl sites for hydroxylation is 2. The standard InChI is InChI=1S/C16H18N8/c1-11(2)24-16(12-3-5-18-15-14(12)19-9-20-15)21-13(22-24)4-7-23-8-6-17-10-23/h3,5-6,8-11H,4,7H2,1-2H3,(H,18,19,20). The van der Waals surface area contributed by atoms with Gasteiger partial charge in [0.25, 0.3) is 0 Å². The highest BCUT2D eigenvalue weighted by atomic mass is 15.4. The molecule has 0 atom stereocenters. The molecule has 1 N–H and O–H groups in total. The third kappa shape index (κ3) is 2.55. The number of hydrogen-bond acceptors (Lipinski definition) is 5. The van der Waals surface area contributed by atoms with Gasteiger partial charge in [0.15, 0.2) is 17.3 Å². The molecule has 0 saturated heterocycles. The molecular weight excluding hydrogens is 304 g/mol. The van der Waals surface area contributed by atoms with Gasteiger partial charge in [0.1, 0.15) is 0 Å². The highest BCUT2D eigenvalue weighted by Crippen LogP contribution is 2.26. The minimum absolute atomic E-state index is 0.209. The Morgan fingerprint density at radius 2 is 2.12 bits per heavy atom. The van der Waals surface area contributed by atoms with Crippen molar-refractivity contribution in [2.24, 2.45) is 0 Å². The molecule has 0 unspecified atom stereocenters. The maximum Gasteiger partial charge on any atom is 0.178 e. The van der Waals surface area contributed by atoms with Gasteiger partial charge in [-0.15, -0.1) is 0 Å². The summed E-state index contributed by atoms with van der Waals surface area (Å²) in [6, 6.07) is 2.16. The van der Waals surface area contributed by atoms with Crippen molar-refractivity contribution >= 4 is 11.2 Å². The average molecular weight is 322 g/mol. The van der Waals surface area contributed by atoms with E-state index in [9.17, 15) is 0 Å². The molecule has 0 aliphatic heterocycles. The number of rotatable bonds is 5. The summed E-state index contributed by atoms with van der Waals surface area (Å²) in [4.78, 5) is 20.5. The van der Waals surface area contributed by atoms with Gasteiger partial charge < -0.3 is 9.55 Å². The van der Waals surface area contributed by atoms with Crippen molar-refractivity contribution in [1.29, 1.82) is 0 Å². The van der Waals surface area contributed by atoms with Crippen LogP contribution < -0.4 is 0 Å². The Morgan fingerprint density at radius 1 is 1.21 bits per heavy atom. The molecule has 0 aromatic carbocycles. The van der Waals surface area contributed by atoms with Gasteiger partial charge in [-0.25, -0.2) is 24.6 Å². The number of aromatic amines is 1. The van der Waals surface area contributed by atoms with E-state index < -0.39 is 0 Å². The van der Waals surface area contributed by atoms with Crippen LogP contribution in [0.1, 0.15) is 25.7 Å². The number of imidazole rings is 2. The number of nitrogens with one attached hydrogen (secondary N) is 1. The van der Waals surface area contributed by atoms with E-state index in [4.69, 9.17) is 10.1 Å². The maximum absolute atomic E-state index is 4.77. The summed E-state index contributed by atoms with van der Waals surface area (Å²) in [5.41, 5.74) is 2.53. The Kier molecular flexibility index (Phi) is 3.56. The lowest BCUT2D eigenvalue weighted by molar-refractivity contribution is 0.528. The summed E-state index contributed by atoms with van der Waals surface area (Å²) in [6.45, 7) is 5.00. The molecule has 4 heterocycles. The number of nitrogens with zero attached hydrogens (tertiary/aromatic N) is 7. The lowest BCUT2D eigenvalue weighted by atomic mass is 10.2. The lowest BCUT2D eigenvalue weighted by Gasteiger charge is -2.09. The van der Waals surface area contributed by atoms with E-state index in [0.717, 1.165) is 35.7 Å². The van der Waals surface area contributed by atoms with Crippen molar-refractivity contribution in [3.05, 3.63) is 43.1 Å². The second-order valence-corrected chi connectivity index (χ2v) is 5.90. The Bertz CT molecular complexity index is 948. The summed E-state index contributed by atoms with van der Waals surface area (Å²) in [6.07, 6.45) is 9.67. The van der Waals surface area contributed by atoms with Crippen LogP contribution in [0.3, 0.4) is 0 Å². The van der Waals surface area contributed by atoms with Crippen LogP contribution >= 0.6 is 0 Å². The van der Waals surface area contributed by atoms with Gasteiger partial charge in [-0.05, 0) is 19.9 Å². The van der Waals surface area contributed by atoms with Gasteiger partial charge in [-0.1, -0.05) is 0 Å². The molecule has 0 bridgehead atoms. The number of aromatic nitrogens is 8. The summed E-state index contributed by atoms with van der Waals surface area (Å²) in [7, 11) is 0. The fraction of sp³-hybridized carbons (Fsp3) is 0.312. The molecule has 4 aromatic heterocycles. The molecule has 0 radical (unpaired) electrons. The van der Waals surface area contributed by atoms with Crippen molar-refractivity contribution in [2.75, 3.05) is 0 Å². The van der Waals surface area contributed by atoms with Crippen LogP contribution in [-0.2, 0) is 13.0 Å². The monoisotopic (exact) mass is 322 g/mol. The van der Waals surface area contributed by atoms with Gasteiger partial charge in [0, 0.05) is 43.2 Å². The maximum atomic E-state index is 4.77. The van der Waals surface area contributed by atoms with Gasteiger partial charge in [-0.2, -0.15) is 5.10 Å². The zero-order chi connectivity index (χ0) is 16.5. The van der Waals surface area contributed by atoms with E-state index >= 15 is 0 Å². The van der Waals surface area contributed by atoms with E-state index in [-0.39, 0.29) is 6.04 Å². The zero-order valence-corrected chi connectivity index (χ0v) is 13.6. The molecule has 4 aromatic rings. The Morgan fingerprint density at radius 3 is 2.92 bits per heavy atom. The molecular formula is C16H18N8. The molecule has 122 valence electrons. The van der Waals surface area contributed by atoms with Gasteiger partial charge in [0.05, 0.1) is 18.2 Å². The fourth-order valence-electron chi connectivity index (χ4n) is 2.70. The minimum Gasteiger partial charge on any atom is -0.343 e. The van der Waals surface area contributed by atoms with Crippen LogP contribution in [0, 0.1) is 0 Å². The van der Waals surface area contributed by atoms with Gasteiger partial charge in [-0.3, -0.25) is 0 Å². The van der Waals surface area contributed by atoms with Crippen molar-refractivity contribution in [3.63, 3.8) is 0 Å². The summed E-state index contributed by atoms with van der Waals surface area (Å²) in [5.74, 6) is 1.65. The molecule has 0 saturated carbocycles. The largest absolute Gasteiger partial charge is 0.343 e. The van der Waals surface area contributed by atoms with Crippen LogP contribution in [0.15, 0.2) is 37.3 Å². The molecule has 0 aliphatic carbocycles.